The largest absolute Gasteiger partial charge is 0.488 e. The normalized spacial score (nSPS) is 15.7. The highest BCUT2D eigenvalue weighted by Crippen LogP contribution is 2.34. The monoisotopic (exact) mass is 531 g/mol. The van der Waals surface area contributed by atoms with Gasteiger partial charge in [-0.05, 0) is 81.6 Å². The summed E-state index contributed by atoms with van der Waals surface area (Å²) in [5.74, 6) is 0.577. The number of nitriles is 1. The van der Waals surface area contributed by atoms with Crippen LogP contribution in [0.25, 0.3) is 6.08 Å². The van der Waals surface area contributed by atoms with Crippen molar-refractivity contribution in [1.82, 2.24) is 4.90 Å². The zero-order chi connectivity index (χ0) is 24.1. The molecule has 1 aliphatic heterocycles. The van der Waals surface area contributed by atoms with Gasteiger partial charge in [0.2, 0.25) is 0 Å². The first-order chi connectivity index (χ1) is 16.5. The zero-order valence-corrected chi connectivity index (χ0v) is 21.2. The smallest absolute Gasteiger partial charge is 0.266 e. The second-order valence-electron chi connectivity index (χ2n) is 7.64. The third-order valence-electron chi connectivity index (χ3n) is 5.35. The average Bonchev–Trinajstić information content (AvgIpc) is 3.11. The van der Waals surface area contributed by atoms with Gasteiger partial charge in [0.25, 0.3) is 5.91 Å². The molecule has 3 aromatic rings. The fourth-order valence-corrected chi connectivity index (χ4v) is 4.85. The Hall–Kier alpha value is -3.34. The Bertz CT molecular complexity index is 1330. The van der Waals surface area contributed by atoms with Crippen LogP contribution in [0.3, 0.4) is 0 Å². The van der Waals surface area contributed by atoms with Crippen molar-refractivity contribution in [2.75, 3.05) is 7.05 Å². The standard InChI is InChI=1S/C27H22BrN3O2S/c1-3-18-8-11-22(12-9-18)30-27-31(2)26(32)25(34-27)15-19-10-13-24(23(28)14-19)33-17-21-7-5-4-6-20(21)16-29/h4-15H,3,17H2,1-2H3. The van der Waals surface area contributed by atoms with Gasteiger partial charge in [0, 0.05) is 12.6 Å². The molecule has 0 spiro atoms. The number of likely N-dealkylation sites (N-methyl/N-ethyl adjacent to an activating group) is 1. The number of carbonyl (C=O) groups is 1. The maximum atomic E-state index is 12.8. The van der Waals surface area contributed by atoms with Crippen LogP contribution in [0, 0.1) is 11.3 Å². The number of thioether (sulfide) groups is 1. The van der Waals surface area contributed by atoms with Crippen LogP contribution >= 0.6 is 27.7 Å². The lowest BCUT2D eigenvalue weighted by atomic mass is 10.1. The molecule has 0 N–H and O–H groups in total. The van der Waals surface area contributed by atoms with Crippen LogP contribution in [0.15, 0.2) is 81.1 Å². The first-order valence-corrected chi connectivity index (χ1v) is 12.3. The molecule has 7 heteroatoms. The number of aliphatic imine (C=N–C) groups is 1. The highest BCUT2D eigenvalue weighted by Gasteiger charge is 2.30. The summed E-state index contributed by atoms with van der Waals surface area (Å²) in [6.07, 6.45) is 2.83. The lowest BCUT2D eigenvalue weighted by molar-refractivity contribution is -0.121. The van der Waals surface area contributed by atoms with Gasteiger partial charge in [0.05, 0.1) is 26.7 Å². The minimum Gasteiger partial charge on any atom is -0.488 e. The van der Waals surface area contributed by atoms with Gasteiger partial charge in [0.1, 0.15) is 12.4 Å². The van der Waals surface area contributed by atoms with Gasteiger partial charge < -0.3 is 4.74 Å². The Kier molecular flexibility index (Phi) is 7.51. The number of hydrogen-bond donors (Lipinski definition) is 0. The van der Waals surface area contributed by atoms with Crippen LogP contribution in [0.5, 0.6) is 5.75 Å². The fraction of sp³-hybridized carbons (Fsp3) is 0.148. The summed E-state index contributed by atoms with van der Waals surface area (Å²) < 4.78 is 6.68. The van der Waals surface area contributed by atoms with Gasteiger partial charge in [-0.25, -0.2) is 4.99 Å². The van der Waals surface area contributed by atoms with Crippen molar-refractivity contribution in [3.63, 3.8) is 0 Å². The Morgan fingerprint density at radius 1 is 1.15 bits per heavy atom. The molecule has 4 rings (SSSR count). The molecule has 0 aliphatic carbocycles. The summed E-state index contributed by atoms with van der Waals surface area (Å²) in [5, 5.41) is 9.89. The molecule has 0 atom stereocenters. The summed E-state index contributed by atoms with van der Waals surface area (Å²) in [6, 6.07) is 23.2. The quantitative estimate of drug-likeness (QED) is 0.332. The minimum atomic E-state index is -0.0847. The van der Waals surface area contributed by atoms with Crippen LogP contribution in [0.1, 0.15) is 29.2 Å². The van der Waals surface area contributed by atoms with E-state index in [2.05, 4.69) is 46.0 Å². The predicted octanol–water partition coefficient (Wildman–Crippen LogP) is 6.70. The van der Waals surface area contributed by atoms with Crippen LogP contribution < -0.4 is 4.74 Å². The summed E-state index contributed by atoms with van der Waals surface area (Å²) in [5.41, 5.74) is 4.37. The number of nitrogens with zero attached hydrogens (tertiary/aromatic N) is 3. The molecule has 170 valence electrons. The van der Waals surface area contributed by atoms with Gasteiger partial charge in [-0.1, -0.05) is 43.3 Å². The van der Waals surface area contributed by atoms with Crippen molar-refractivity contribution in [2.24, 2.45) is 4.99 Å². The van der Waals surface area contributed by atoms with E-state index in [1.54, 1.807) is 18.0 Å². The van der Waals surface area contributed by atoms with E-state index in [-0.39, 0.29) is 5.91 Å². The number of hydrogen-bond acceptors (Lipinski definition) is 5. The van der Waals surface area contributed by atoms with Crippen LogP contribution in [0.4, 0.5) is 5.69 Å². The van der Waals surface area contributed by atoms with Crippen molar-refractivity contribution >= 4 is 50.5 Å². The third-order valence-corrected chi connectivity index (χ3v) is 7.03. The molecule has 0 unspecified atom stereocenters. The molecule has 1 aliphatic rings. The van der Waals surface area contributed by atoms with E-state index < -0.39 is 0 Å². The van der Waals surface area contributed by atoms with Crippen LogP contribution in [-0.2, 0) is 17.8 Å². The number of halogens is 1. The second-order valence-corrected chi connectivity index (χ2v) is 9.50. The number of amides is 1. The predicted molar refractivity (Wildman–Crippen MR) is 141 cm³/mol. The van der Waals surface area contributed by atoms with E-state index in [0.29, 0.717) is 28.0 Å². The summed E-state index contributed by atoms with van der Waals surface area (Å²) in [7, 11) is 1.74. The van der Waals surface area contributed by atoms with E-state index in [9.17, 15) is 10.1 Å². The first-order valence-electron chi connectivity index (χ1n) is 10.7. The van der Waals surface area contributed by atoms with E-state index in [0.717, 1.165) is 27.7 Å². The Labute approximate surface area is 211 Å². The van der Waals surface area contributed by atoms with Crippen molar-refractivity contribution in [2.45, 2.75) is 20.0 Å². The van der Waals surface area contributed by atoms with Gasteiger partial charge in [0.15, 0.2) is 5.17 Å². The molecule has 0 bridgehead atoms. The molecular formula is C27H22BrN3O2S. The maximum absolute atomic E-state index is 12.8. The summed E-state index contributed by atoms with van der Waals surface area (Å²) in [6.45, 7) is 2.41. The molecule has 1 saturated heterocycles. The van der Waals surface area contributed by atoms with Crippen LogP contribution in [0.2, 0.25) is 0 Å². The number of amidine groups is 1. The molecule has 34 heavy (non-hydrogen) atoms. The van der Waals surface area contributed by atoms with Crippen molar-refractivity contribution in [3.05, 3.63) is 98.4 Å². The number of carbonyl (C=O) groups excluding carboxylic acids is 1. The molecule has 1 heterocycles. The Balaban J connectivity index is 1.49. The minimum absolute atomic E-state index is 0.0847. The highest BCUT2D eigenvalue weighted by molar-refractivity contribution is 9.10. The topological polar surface area (TPSA) is 65.7 Å². The van der Waals surface area contributed by atoms with Gasteiger partial charge >= 0.3 is 0 Å². The zero-order valence-electron chi connectivity index (χ0n) is 18.8. The van der Waals surface area contributed by atoms with E-state index >= 15 is 0 Å². The molecule has 0 saturated carbocycles. The van der Waals surface area contributed by atoms with Crippen LogP contribution in [-0.4, -0.2) is 23.0 Å². The average molecular weight is 532 g/mol. The molecule has 3 aromatic carbocycles. The molecule has 5 nitrogen and oxygen atoms in total. The third kappa shape index (κ3) is 5.41. The molecule has 0 radical (unpaired) electrons. The Morgan fingerprint density at radius 3 is 2.62 bits per heavy atom. The number of rotatable bonds is 6. The van der Waals surface area contributed by atoms with Gasteiger partial charge in [-0.3, -0.25) is 9.69 Å². The SMILES string of the molecule is CCc1ccc(N=C2SC(=Cc3ccc(OCc4ccccc4C#N)c(Br)c3)C(=O)N2C)cc1. The van der Waals surface area contributed by atoms with E-state index in [1.807, 2.05) is 54.6 Å². The highest BCUT2D eigenvalue weighted by atomic mass is 79.9. The maximum Gasteiger partial charge on any atom is 0.266 e. The lowest BCUT2D eigenvalue weighted by Gasteiger charge is -2.10. The lowest BCUT2D eigenvalue weighted by Crippen LogP contribution is -2.23. The van der Waals surface area contributed by atoms with E-state index in [1.165, 1.54) is 17.3 Å². The van der Waals surface area contributed by atoms with E-state index in [4.69, 9.17) is 4.74 Å². The number of aryl methyl sites for hydroxylation is 1. The van der Waals surface area contributed by atoms with Gasteiger partial charge in [-0.15, -0.1) is 0 Å². The first kappa shape index (κ1) is 23.8. The Morgan fingerprint density at radius 2 is 1.91 bits per heavy atom. The summed E-state index contributed by atoms with van der Waals surface area (Å²) >= 11 is 4.91. The molecule has 0 aromatic heterocycles. The number of ether oxygens (including phenoxy) is 1. The molecule has 1 amide bonds. The number of benzene rings is 3. The summed E-state index contributed by atoms with van der Waals surface area (Å²) in [4.78, 5) is 19.6. The van der Waals surface area contributed by atoms with Crippen molar-refractivity contribution in [1.29, 1.82) is 5.26 Å². The second kappa shape index (κ2) is 10.7. The fourth-order valence-electron chi connectivity index (χ4n) is 3.35. The van der Waals surface area contributed by atoms with Gasteiger partial charge in [-0.2, -0.15) is 5.26 Å². The molecular weight excluding hydrogens is 510 g/mol. The molecule has 1 fully saturated rings. The van der Waals surface area contributed by atoms with Crippen molar-refractivity contribution < 1.29 is 9.53 Å². The van der Waals surface area contributed by atoms with Crippen molar-refractivity contribution in [3.8, 4) is 11.8 Å².